The van der Waals surface area contributed by atoms with Gasteiger partial charge in [0.15, 0.2) is 5.60 Å². The molecule has 9 heteroatoms. The van der Waals surface area contributed by atoms with E-state index in [1.165, 1.54) is 0 Å². The molecule has 1 aromatic heterocycles. The van der Waals surface area contributed by atoms with Crippen molar-refractivity contribution >= 4 is 23.2 Å². The van der Waals surface area contributed by atoms with Crippen LogP contribution in [0.25, 0.3) is 0 Å². The van der Waals surface area contributed by atoms with Crippen molar-refractivity contribution in [2.24, 2.45) is 5.92 Å². The van der Waals surface area contributed by atoms with Gasteiger partial charge >= 0.3 is 0 Å². The number of aliphatic hydroxyl groups is 1. The zero-order valence-electron chi connectivity index (χ0n) is 20.2. The minimum atomic E-state index is -1.07. The number of nitrogens with zero attached hydrogens (tertiary/aromatic N) is 5. The third kappa shape index (κ3) is 4.06. The van der Waals surface area contributed by atoms with Crippen molar-refractivity contribution in [3.8, 4) is 0 Å². The van der Waals surface area contributed by atoms with Gasteiger partial charge in [0.25, 0.3) is 5.91 Å². The first-order chi connectivity index (χ1) is 17.0. The number of carbonyl (C=O) groups excluding carboxylic acids is 2. The predicted molar refractivity (Wildman–Crippen MR) is 131 cm³/mol. The van der Waals surface area contributed by atoms with Crippen molar-refractivity contribution in [2.75, 3.05) is 29.5 Å². The monoisotopic (exact) mass is 479 g/mol. The molecule has 186 valence electrons. The van der Waals surface area contributed by atoms with Gasteiger partial charge in [-0.1, -0.05) is 18.2 Å². The van der Waals surface area contributed by atoms with Gasteiger partial charge < -0.3 is 19.6 Å². The molecule has 1 N–H and O–H groups in total. The molecule has 2 fully saturated rings. The van der Waals surface area contributed by atoms with Crippen LogP contribution in [0, 0.1) is 5.92 Å². The van der Waals surface area contributed by atoms with Gasteiger partial charge in [-0.15, -0.1) is 11.7 Å². The summed E-state index contributed by atoms with van der Waals surface area (Å²) in [4.78, 5) is 30.0. The van der Waals surface area contributed by atoms with Crippen LogP contribution in [-0.4, -0.2) is 57.7 Å². The van der Waals surface area contributed by atoms with Crippen LogP contribution in [0.3, 0.4) is 0 Å². The molecular weight excluding hydrogens is 446 g/mol. The number of anilines is 2. The Bertz CT molecular complexity index is 1130. The summed E-state index contributed by atoms with van der Waals surface area (Å²) in [6, 6.07) is 5.89. The Labute approximate surface area is 205 Å². The molecule has 0 unspecified atom stereocenters. The topological polar surface area (TPSA) is 101 Å². The van der Waals surface area contributed by atoms with Gasteiger partial charge in [0, 0.05) is 62.4 Å². The second kappa shape index (κ2) is 9.54. The second-order valence-electron chi connectivity index (χ2n) is 9.76. The summed E-state index contributed by atoms with van der Waals surface area (Å²) in [6.07, 6.45) is 7.84. The van der Waals surface area contributed by atoms with E-state index in [1.807, 2.05) is 29.3 Å². The highest BCUT2D eigenvalue weighted by atomic mass is 16.5. The molecule has 9 nitrogen and oxygen atoms in total. The van der Waals surface area contributed by atoms with Gasteiger partial charge in [-0.05, 0) is 43.9 Å². The van der Waals surface area contributed by atoms with Crippen molar-refractivity contribution < 1.29 is 19.4 Å². The lowest BCUT2D eigenvalue weighted by Crippen LogP contribution is -2.44. The van der Waals surface area contributed by atoms with E-state index < -0.39 is 5.60 Å². The highest BCUT2D eigenvalue weighted by Crippen LogP contribution is 2.54. The summed E-state index contributed by atoms with van der Waals surface area (Å²) in [6.45, 7) is 7.68. The van der Waals surface area contributed by atoms with Crippen molar-refractivity contribution in [3.63, 3.8) is 0 Å². The smallest absolute Gasteiger partial charge is 0.264 e. The number of benzene rings is 1. The normalized spacial score (nSPS) is 26.1. The Kier molecular flexibility index (Phi) is 6.46. The lowest BCUT2D eigenvalue weighted by molar-refractivity contribution is -0.145. The first-order valence-corrected chi connectivity index (χ1v) is 12.5. The lowest BCUT2D eigenvalue weighted by Gasteiger charge is -2.30. The molecule has 5 rings (SSSR count). The average Bonchev–Trinajstić information content (AvgIpc) is 3.51. The largest absolute Gasteiger partial charge is 0.396 e. The molecular formula is C26H33N5O4. The molecule has 3 aliphatic heterocycles. The van der Waals surface area contributed by atoms with Crippen molar-refractivity contribution in [2.45, 2.75) is 63.7 Å². The molecule has 0 aliphatic carbocycles. The summed E-state index contributed by atoms with van der Waals surface area (Å²) in [7, 11) is 0. The van der Waals surface area contributed by atoms with E-state index in [-0.39, 0.29) is 30.4 Å². The third-order valence-electron chi connectivity index (χ3n) is 7.48. The quantitative estimate of drug-likeness (QED) is 0.584. The number of aliphatic hydroxyl groups excluding tert-OH is 1. The minimum Gasteiger partial charge on any atom is -0.396 e. The van der Waals surface area contributed by atoms with Crippen molar-refractivity contribution in [1.82, 2.24) is 15.0 Å². The van der Waals surface area contributed by atoms with E-state index in [2.05, 4.69) is 23.8 Å². The zero-order valence-corrected chi connectivity index (χ0v) is 20.2. The molecule has 2 aromatic rings. The number of fused-ring (bicyclic) bond motifs is 2. The van der Waals surface area contributed by atoms with Crippen molar-refractivity contribution in [3.05, 3.63) is 48.3 Å². The maximum absolute atomic E-state index is 13.9. The number of rotatable bonds is 8. The Morgan fingerprint density at radius 2 is 2.17 bits per heavy atom. The van der Waals surface area contributed by atoms with Crippen LogP contribution in [0.1, 0.15) is 50.3 Å². The SMILES string of the molecule is C=CCN1C(=O)[C@@]2(O[C@@H](CCn3cc(CCO)nn3)C[C@H]2C)c2cc(N3CCCCC3=O)ccc21. The number of piperidine rings is 1. The number of carbonyl (C=O) groups is 2. The van der Waals surface area contributed by atoms with Crippen LogP contribution < -0.4 is 9.80 Å². The first kappa shape index (κ1) is 23.7. The van der Waals surface area contributed by atoms with E-state index in [1.54, 1.807) is 15.7 Å². The molecule has 0 bridgehead atoms. The fourth-order valence-corrected chi connectivity index (χ4v) is 5.75. The van der Waals surface area contributed by atoms with Crippen LogP contribution in [0.4, 0.5) is 11.4 Å². The molecule has 35 heavy (non-hydrogen) atoms. The molecule has 0 radical (unpaired) electrons. The lowest BCUT2D eigenvalue weighted by atomic mass is 9.82. The number of hydrogen-bond acceptors (Lipinski definition) is 6. The number of hydrogen-bond donors (Lipinski definition) is 1. The Morgan fingerprint density at radius 3 is 2.94 bits per heavy atom. The molecule has 1 spiro atoms. The predicted octanol–water partition coefficient (Wildman–Crippen LogP) is 2.57. The zero-order chi connectivity index (χ0) is 24.6. The standard InChI is InChI=1S/C26H33N5O4/c1-3-11-31-23-8-7-20(30-12-5-4-6-24(30)33)16-22(23)26(25(31)34)18(2)15-21(35-26)9-13-29-17-19(10-14-32)27-28-29/h3,7-8,16-18,21,32H,1,4-6,9-15H2,2H3/t18-,21+,26+/m1/s1. The van der Waals surface area contributed by atoms with E-state index in [4.69, 9.17) is 9.84 Å². The third-order valence-corrected chi connectivity index (χ3v) is 7.48. The van der Waals surface area contributed by atoms with Crippen molar-refractivity contribution in [1.29, 1.82) is 0 Å². The van der Waals surface area contributed by atoms with E-state index in [0.717, 1.165) is 41.9 Å². The van der Waals surface area contributed by atoms with Crippen LogP contribution in [0.15, 0.2) is 37.1 Å². The van der Waals surface area contributed by atoms with Crippen LogP contribution in [0.5, 0.6) is 0 Å². The van der Waals surface area contributed by atoms with Crippen LogP contribution in [-0.2, 0) is 32.9 Å². The molecule has 0 saturated carbocycles. The Balaban J connectivity index is 1.42. The maximum Gasteiger partial charge on any atom is 0.264 e. The fourth-order valence-electron chi connectivity index (χ4n) is 5.75. The van der Waals surface area contributed by atoms with Gasteiger partial charge in [-0.25, -0.2) is 0 Å². The first-order valence-electron chi connectivity index (χ1n) is 12.5. The summed E-state index contributed by atoms with van der Waals surface area (Å²) in [5, 5.41) is 17.3. The van der Waals surface area contributed by atoms with Crippen LogP contribution in [0.2, 0.25) is 0 Å². The minimum absolute atomic E-state index is 0.0263. The van der Waals surface area contributed by atoms with Gasteiger partial charge in [-0.2, -0.15) is 0 Å². The highest BCUT2D eigenvalue weighted by molar-refractivity contribution is 6.08. The molecule has 1 aromatic carbocycles. The number of aryl methyl sites for hydroxylation is 1. The van der Waals surface area contributed by atoms with Crippen LogP contribution >= 0.6 is 0 Å². The summed E-state index contributed by atoms with van der Waals surface area (Å²) in [5.41, 5.74) is 2.20. The Morgan fingerprint density at radius 1 is 1.31 bits per heavy atom. The fraction of sp³-hybridized carbons (Fsp3) is 0.538. The van der Waals surface area contributed by atoms with E-state index in [9.17, 15) is 9.59 Å². The number of amides is 2. The highest BCUT2D eigenvalue weighted by Gasteiger charge is 2.60. The molecule has 4 heterocycles. The summed E-state index contributed by atoms with van der Waals surface area (Å²) >= 11 is 0. The number of aromatic nitrogens is 3. The molecule has 3 aliphatic rings. The second-order valence-corrected chi connectivity index (χ2v) is 9.76. The molecule has 3 atom stereocenters. The average molecular weight is 480 g/mol. The molecule has 2 amide bonds. The Hall–Kier alpha value is -3.04. The summed E-state index contributed by atoms with van der Waals surface area (Å²) < 4.78 is 8.41. The van der Waals surface area contributed by atoms with Gasteiger partial charge in [0.1, 0.15) is 0 Å². The van der Waals surface area contributed by atoms with E-state index in [0.29, 0.717) is 38.9 Å². The molecule has 2 saturated heterocycles. The van der Waals surface area contributed by atoms with E-state index >= 15 is 0 Å². The van der Waals surface area contributed by atoms with Gasteiger partial charge in [-0.3, -0.25) is 14.3 Å². The van der Waals surface area contributed by atoms with Gasteiger partial charge in [0.2, 0.25) is 5.91 Å². The number of ether oxygens (including phenoxy) is 1. The van der Waals surface area contributed by atoms with Gasteiger partial charge in [0.05, 0.1) is 17.5 Å². The summed E-state index contributed by atoms with van der Waals surface area (Å²) in [5.74, 6) is 0.0428. The maximum atomic E-state index is 13.9.